The Balaban J connectivity index is 1.96. The van der Waals surface area contributed by atoms with E-state index in [1.807, 2.05) is 0 Å². The molecule has 7 heteroatoms. The van der Waals surface area contributed by atoms with Gasteiger partial charge in [0.2, 0.25) is 0 Å². The molecule has 2 aromatic rings. The van der Waals surface area contributed by atoms with Crippen LogP contribution in [0.2, 0.25) is 0 Å². The molecule has 23 heavy (non-hydrogen) atoms. The third kappa shape index (κ3) is 4.91. The predicted octanol–water partition coefficient (Wildman–Crippen LogP) is 4.74. The molecule has 0 bridgehead atoms. The van der Waals surface area contributed by atoms with Crippen molar-refractivity contribution in [2.75, 3.05) is 0 Å². The fourth-order valence-electron chi connectivity index (χ4n) is 1.56. The van der Waals surface area contributed by atoms with E-state index in [-0.39, 0.29) is 12.2 Å². The van der Waals surface area contributed by atoms with Gasteiger partial charge in [0.25, 0.3) is 0 Å². The van der Waals surface area contributed by atoms with Crippen LogP contribution in [0.4, 0.5) is 13.2 Å². The molecule has 0 aliphatic heterocycles. The molecular formula is C16H13F3O4. The van der Waals surface area contributed by atoms with E-state index in [1.165, 1.54) is 36.4 Å². The van der Waals surface area contributed by atoms with Gasteiger partial charge in [-0.25, -0.2) is 4.79 Å². The van der Waals surface area contributed by atoms with Gasteiger partial charge in [0, 0.05) is 6.42 Å². The van der Waals surface area contributed by atoms with Crippen molar-refractivity contribution in [2.24, 2.45) is 0 Å². The van der Waals surface area contributed by atoms with Crippen LogP contribution in [-0.2, 0) is 15.9 Å². The van der Waals surface area contributed by atoms with E-state index in [0.29, 0.717) is 11.5 Å². The van der Waals surface area contributed by atoms with Gasteiger partial charge in [-0.3, -0.25) is 9.78 Å². The molecule has 0 fully saturated rings. The van der Waals surface area contributed by atoms with Gasteiger partial charge in [0.05, 0.1) is 5.56 Å². The number of halogens is 3. The van der Waals surface area contributed by atoms with Crippen molar-refractivity contribution in [3.8, 4) is 17.2 Å². The zero-order valence-electron chi connectivity index (χ0n) is 12.1. The maximum absolute atomic E-state index is 12.5. The largest absolute Gasteiger partial charge is 0.457 e. The van der Waals surface area contributed by atoms with E-state index in [1.54, 1.807) is 6.92 Å². The number of hydrogen-bond donors (Lipinski definition) is 0. The SMILES string of the molecule is CCC(=O)OOc1ccc(Oc2ccc(C(F)(F)F)cc2)cc1. The number of carbonyl (C=O) groups is 1. The molecule has 0 aromatic heterocycles. The summed E-state index contributed by atoms with van der Waals surface area (Å²) in [4.78, 5) is 20.2. The summed E-state index contributed by atoms with van der Waals surface area (Å²) in [5, 5.41) is 0. The lowest BCUT2D eigenvalue weighted by Crippen LogP contribution is -2.05. The standard InChI is InChI=1S/C16H13F3O4/c1-2-15(20)23-22-14-9-7-13(8-10-14)21-12-5-3-11(4-6-12)16(17,18)19/h3-10H,2H2,1H3. The first kappa shape index (κ1) is 16.7. The molecule has 0 saturated heterocycles. The molecule has 4 nitrogen and oxygen atoms in total. The lowest BCUT2D eigenvalue weighted by molar-refractivity contribution is -0.213. The summed E-state index contributed by atoms with van der Waals surface area (Å²) in [5.74, 6) is 0.463. The van der Waals surface area contributed by atoms with E-state index in [0.717, 1.165) is 12.1 Å². The molecule has 2 aromatic carbocycles. The molecule has 0 radical (unpaired) electrons. The van der Waals surface area contributed by atoms with Gasteiger partial charge in [0.1, 0.15) is 11.5 Å². The van der Waals surface area contributed by atoms with Crippen LogP contribution in [-0.4, -0.2) is 5.97 Å². The lowest BCUT2D eigenvalue weighted by Gasteiger charge is -2.09. The zero-order chi connectivity index (χ0) is 16.9. The van der Waals surface area contributed by atoms with Gasteiger partial charge in [-0.05, 0) is 48.5 Å². The van der Waals surface area contributed by atoms with Crippen LogP contribution in [0.15, 0.2) is 48.5 Å². The Morgan fingerprint density at radius 3 is 1.87 bits per heavy atom. The summed E-state index contributed by atoms with van der Waals surface area (Å²) in [6, 6.07) is 10.4. The zero-order valence-corrected chi connectivity index (χ0v) is 12.1. The molecular weight excluding hydrogens is 313 g/mol. The predicted molar refractivity (Wildman–Crippen MR) is 75.0 cm³/mol. The summed E-state index contributed by atoms with van der Waals surface area (Å²) in [6.45, 7) is 1.63. The molecule has 0 atom stereocenters. The van der Waals surface area contributed by atoms with E-state index in [2.05, 4.69) is 4.89 Å². The molecule has 122 valence electrons. The van der Waals surface area contributed by atoms with Crippen molar-refractivity contribution in [1.82, 2.24) is 0 Å². The van der Waals surface area contributed by atoms with Gasteiger partial charge in [-0.1, -0.05) is 6.92 Å². The van der Waals surface area contributed by atoms with Crippen molar-refractivity contribution < 1.29 is 32.5 Å². The van der Waals surface area contributed by atoms with Crippen molar-refractivity contribution in [3.05, 3.63) is 54.1 Å². The Morgan fingerprint density at radius 1 is 0.913 bits per heavy atom. The lowest BCUT2D eigenvalue weighted by atomic mass is 10.2. The Bertz CT molecular complexity index is 649. The molecule has 0 heterocycles. The smallest absolute Gasteiger partial charge is 0.416 e. The minimum atomic E-state index is -4.38. The molecule has 0 aliphatic carbocycles. The third-order valence-electron chi connectivity index (χ3n) is 2.76. The fraction of sp³-hybridized carbons (Fsp3) is 0.188. The number of carbonyl (C=O) groups excluding carboxylic acids is 1. The van der Waals surface area contributed by atoms with Crippen LogP contribution < -0.4 is 9.62 Å². The summed E-state index contributed by atoms with van der Waals surface area (Å²) in [5.41, 5.74) is -0.744. The molecule has 0 aliphatic rings. The molecule has 0 amide bonds. The molecule has 0 saturated carbocycles. The van der Waals surface area contributed by atoms with Crippen LogP contribution >= 0.6 is 0 Å². The number of ether oxygens (including phenoxy) is 1. The first-order chi connectivity index (χ1) is 10.9. The maximum Gasteiger partial charge on any atom is 0.416 e. The average molecular weight is 326 g/mol. The van der Waals surface area contributed by atoms with Crippen LogP contribution in [0.3, 0.4) is 0 Å². The second-order valence-corrected chi connectivity index (χ2v) is 4.49. The van der Waals surface area contributed by atoms with E-state index in [9.17, 15) is 18.0 Å². The number of benzene rings is 2. The third-order valence-corrected chi connectivity index (χ3v) is 2.76. The average Bonchev–Trinajstić information content (AvgIpc) is 2.53. The topological polar surface area (TPSA) is 44.8 Å². The van der Waals surface area contributed by atoms with E-state index >= 15 is 0 Å². The Kier molecular flexibility index (Phi) is 5.10. The van der Waals surface area contributed by atoms with Gasteiger partial charge >= 0.3 is 12.1 Å². The van der Waals surface area contributed by atoms with Crippen molar-refractivity contribution >= 4 is 5.97 Å². The van der Waals surface area contributed by atoms with Crippen LogP contribution in [0.5, 0.6) is 17.2 Å². The first-order valence-corrected chi connectivity index (χ1v) is 6.71. The summed E-state index contributed by atoms with van der Waals surface area (Å²) < 4.78 is 42.8. The quantitative estimate of drug-likeness (QED) is 0.588. The van der Waals surface area contributed by atoms with Crippen LogP contribution in [0, 0.1) is 0 Å². The normalized spacial score (nSPS) is 11.0. The number of alkyl halides is 3. The summed E-state index contributed by atoms with van der Waals surface area (Å²) in [7, 11) is 0. The van der Waals surface area contributed by atoms with Gasteiger partial charge in [-0.15, -0.1) is 0 Å². The number of rotatable bonds is 5. The summed E-state index contributed by atoms with van der Waals surface area (Å²) in [6.07, 6.45) is -4.19. The highest BCUT2D eigenvalue weighted by Crippen LogP contribution is 2.31. The monoisotopic (exact) mass is 326 g/mol. The highest BCUT2D eigenvalue weighted by Gasteiger charge is 2.30. The van der Waals surface area contributed by atoms with Crippen LogP contribution in [0.1, 0.15) is 18.9 Å². The molecule has 0 N–H and O–H groups in total. The molecule has 2 rings (SSSR count). The van der Waals surface area contributed by atoms with E-state index in [4.69, 9.17) is 9.62 Å². The highest BCUT2D eigenvalue weighted by molar-refractivity contribution is 5.68. The Labute approximate surface area is 130 Å². The molecule has 0 spiro atoms. The van der Waals surface area contributed by atoms with Crippen LogP contribution in [0.25, 0.3) is 0 Å². The van der Waals surface area contributed by atoms with Gasteiger partial charge in [0.15, 0.2) is 5.75 Å². The summed E-state index contributed by atoms with van der Waals surface area (Å²) >= 11 is 0. The minimum absolute atomic E-state index is 0.190. The number of hydrogen-bond acceptors (Lipinski definition) is 4. The molecule has 0 unspecified atom stereocenters. The highest BCUT2D eigenvalue weighted by atomic mass is 19.4. The van der Waals surface area contributed by atoms with Crippen molar-refractivity contribution in [3.63, 3.8) is 0 Å². The fourth-order valence-corrected chi connectivity index (χ4v) is 1.56. The maximum atomic E-state index is 12.5. The van der Waals surface area contributed by atoms with E-state index < -0.39 is 17.7 Å². The Morgan fingerprint density at radius 2 is 1.39 bits per heavy atom. The first-order valence-electron chi connectivity index (χ1n) is 6.71. The Hall–Kier alpha value is -2.70. The van der Waals surface area contributed by atoms with Crippen molar-refractivity contribution in [2.45, 2.75) is 19.5 Å². The second kappa shape index (κ2) is 7.04. The van der Waals surface area contributed by atoms with Gasteiger partial charge in [-0.2, -0.15) is 13.2 Å². The van der Waals surface area contributed by atoms with Gasteiger partial charge < -0.3 is 4.74 Å². The minimum Gasteiger partial charge on any atom is -0.457 e. The van der Waals surface area contributed by atoms with Crippen molar-refractivity contribution in [1.29, 1.82) is 0 Å². The second-order valence-electron chi connectivity index (χ2n) is 4.49.